The molecule has 0 radical (unpaired) electrons. The van der Waals surface area contributed by atoms with E-state index in [9.17, 15) is 9.59 Å². The third-order valence-corrected chi connectivity index (χ3v) is 7.44. The summed E-state index contributed by atoms with van der Waals surface area (Å²) in [5.41, 5.74) is 0.179. The summed E-state index contributed by atoms with van der Waals surface area (Å²) in [7, 11) is 0. The first-order chi connectivity index (χ1) is 16.5. The second-order valence-corrected chi connectivity index (χ2v) is 10.0. The van der Waals surface area contributed by atoms with E-state index in [1.165, 1.54) is 11.3 Å². The third kappa shape index (κ3) is 4.96. The lowest BCUT2D eigenvalue weighted by atomic mass is 9.84. The van der Waals surface area contributed by atoms with E-state index in [1.807, 2.05) is 12.1 Å². The molecule has 0 bridgehead atoms. The average Bonchev–Trinajstić information content (AvgIpc) is 3.37. The molecule has 2 aliphatic heterocycles. The minimum Gasteiger partial charge on any atom is -0.338 e. The van der Waals surface area contributed by atoms with Gasteiger partial charge in [0.2, 0.25) is 11.7 Å². The molecule has 10 heteroatoms. The molecule has 9 nitrogen and oxygen atoms in total. The zero-order valence-corrected chi connectivity index (χ0v) is 20.1. The number of hydrogen-bond donors (Lipinski definition) is 1. The fourth-order valence-corrected chi connectivity index (χ4v) is 5.29. The van der Waals surface area contributed by atoms with E-state index in [0.717, 1.165) is 70.3 Å². The van der Waals surface area contributed by atoms with Gasteiger partial charge in [-0.15, -0.1) is 0 Å². The summed E-state index contributed by atoms with van der Waals surface area (Å²) in [6.45, 7) is 4.05. The first-order valence-corrected chi connectivity index (χ1v) is 12.6. The van der Waals surface area contributed by atoms with Crippen molar-refractivity contribution in [3.63, 3.8) is 0 Å². The Balaban J connectivity index is 1.13. The topological polar surface area (TPSA) is 94.8 Å². The molecule has 3 amide bonds. The number of imide groups is 1. The molecule has 3 fully saturated rings. The number of benzene rings is 1. The number of nitrogens with one attached hydrogen (secondary N) is 1. The molecule has 0 atom stereocenters. The molecule has 2 saturated heterocycles. The van der Waals surface area contributed by atoms with Crippen LogP contribution >= 0.6 is 11.6 Å². The predicted octanol–water partition coefficient (Wildman–Crippen LogP) is 3.50. The van der Waals surface area contributed by atoms with Crippen molar-refractivity contribution in [3.8, 4) is 11.4 Å². The summed E-state index contributed by atoms with van der Waals surface area (Å²) in [5.74, 6) is 1.08. The number of rotatable bonds is 5. The molecule has 34 heavy (non-hydrogen) atoms. The van der Waals surface area contributed by atoms with Gasteiger partial charge in [0.25, 0.3) is 5.91 Å². The van der Waals surface area contributed by atoms with Crippen molar-refractivity contribution < 1.29 is 14.1 Å². The maximum absolute atomic E-state index is 13.2. The largest absolute Gasteiger partial charge is 0.338 e. The fourth-order valence-electron chi connectivity index (χ4n) is 5.17. The Morgan fingerprint density at radius 2 is 1.59 bits per heavy atom. The Bertz CT molecular complexity index is 1010. The smallest absolute Gasteiger partial charge is 0.326 e. The van der Waals surface area contributed by atoms with Gasteiger partial charge in [0.1, 0.15) is 5.54 Å². The van der Waals surface area contributed by atoms with Gasteiger partial charge in [-0.3, -0.25) is 14.6 Å². The molecular weight excluding hydrogens is 456 g/mol. The van der Waals surface area contributed by atoms with E-state index in [1.54, 1.807) is 12.1 Å². The fraction of sp³-hybridized carbons (Fsp3) is 0.583. The summed E-state index contributed by atoms with van der Waals surface area (Å²) in [6, 6.07) is 7.10. The van der Waals surface area contributed by atoms with Crippen molar-refractivity contribution in [2.75, 3.05) is 32.8 Å². The first-order valence-electron chi connectivity index (χ1n) is 12.2. The lowest BCUT2D eigenvalue weighted by Gasteiger charge is -2.35. The molecule has 3 heterocycles. The molecule has 3 aliphatic rings. The Hall–Kier alpha value is -2.49. The van der Waals surface area contributed by atoms with Crippen molar-refractivity contribution in [2.45, 2.75) is 57.0 Å². The van der Waals surface area contributed by atoms with Crippen LogP contribution in [0, 0.1) is 0 Å². The second kappa shape index (κ2) is 10.0. The molecule has 1 N–H and O–H groups in total. The van der Waals surface area contributed by atoms with Crippen LogP contribution in [0.2, 0.25) is 5.02 Å². The minimum absolute atomic E-state index is 0.0394. The third-order valence-electron chi connectivity index (χ3n) is 7.19. The van der Waals surface area contributed by atoms with Gasteiger partial charge in [-0.25, -0.2) is 9.69 Å². The number of aromatic nitrogens is 2. The van der Waals surface area contributed by atoms with Gasteiger partial charge in [0.15, 0.2) is 0 Å². The van der Waals surface area contributed by atoms with E-state index in [4.69, 9.17) is 16.1 Å². The van der Waals surface area contributed by atoms with Gasteiger partial charge in [0, 0.05) is 36.8 Å². The van der Waals surface area contributed by atoms with Crippen LogP contribution in [0.1, 0.15) is 50.8 Å². The van der Waals surface area contributed by atoms with Gasteiger partial charge >= 0.3 is 6.03 Å². The van der Waals surface area contributed by atoms with Crippen LogP contribution in [0.5, 0.6) is 0 Å². The van der Waals surface area contributed by atoms with Crippen molar-refractivity contribution in [1.82, 2.24) is 30.2 Å². The number of nitrogens with zero attached hydrogens (tertiary/aromatic N) is 5. The predicted molar refractivity (Wildman–Crippen MR) is 127 cm³/mol. The summed E-state index contributed by atoms with van der Waals surface area (Å²) >= 11 is 5.95. The lowest BCUT2D eigenvalue weighted by molar-refractivity contribution is -0.133. The van der Waals surface area contributed by atoms with Crippen molar-refractivity contribution >= 4 is 23.5 Å². The van der Waals surface area contributed by atoms with Gasteiger partial charge in [-0.2, -0.15) is 4.98 Å². The molecule has 5 rings (SSSR count). The second-order valence-electron chi connectivity index (χ2n) is 9.57. The number of carbonyl (C=O) groups is 2. The SMILES string of the molecule is O=C1NC2(CCCCCCC2)C(=O)N1CN1CCN(Cc2nc(-c3ccc(Cl)cc3)no2)CC1. The van der Waals surface area contributed by atoms with E-state index in [-0.39, 0.29) is 11.9 Å². The van der Waals surface area contributed by atoms with Gasteiger partial charge in [-0.05, 0) is 37.1 Å². The van der Waals surface area contributed by atoms with E-state index < -0.39 is 5.54 Å². The molecule has 2 aromatic rings. The summed E-state index contributed by atoms with van der Waals surface area (Å²) in [5, 5.41) is 7.80. The summed E-state index contributed by atoms with van der Waals surface area (Å²) in [4.78, 5) is 36.3. The van der Waals surface area contributed by atoms with E-state index >= 15 is 0 Å². The molecule has 1 aromatic heterocycles. The van der Waals surface area contributed by atoms with Crippen LogP contribution in [0.4, 0.5) is 4.79 Å². The average molecular weight is 487 g/mol. The Morgan fingerprint density at radius 3 is 2.29 bits per heavy atom. The maximum Gasteiger partial charge on any atom is 0.326 e. The van der Waals surface area contributed by atoms with Gasteiger partial charge < -0.3 is 9.84 Å². The standard InChI is InChI=1S/C24H31ClN6O3/c25-19-8-6-18(7-9-19)21-26-20(34-28-21)16-29-12-14-30(15-13-29)17-31-22(32)24(27-23(31)33)10-4-2-1-3-5-11-24/h6-9H,1-5,10-17H2,(H,27,33). The first kappa shape index (κ1) is 23.3. The van der Waals surface area contributed by atoms with Crippen LogP contribution < -0.4 is 5.32 Å². The van der Waals surface area contributed by atoms with Crippen LogP contribution in [0.15, 0.2) is 28.8 Å². The number of hydrogen-bond acceptors (Lipinski definition) is 7. The van der Waals surface area contributed by atoms with Crippen molar-refractivity contribution in [3.05, 3.63) is 35.2 Å². The van der Waals surface area contributed by atoms with Gasteiger partial charge in [0.05, 0.1) is 13.2 Å². The number of carbonyl (C=O) groups excluding carboxylic acids is 2. The van der Waals surface area contributed by atoms with Crippen LogP contribution in [0.3, 0.4) is 0 Å². The maximum atomic E-state index is 13.2. The zero-order chi connectivity index (χ0) is 23.5. The monoisotopic (exact) mass is 486 g/mol. The highest BCUT2D eigenvalue weighted by Crippen LogP contribution is 2.32. The highest BCUT2D eigenvalue weighted by molar-refractivity contribution is 6.30. The van der Waals surface area contributed by atoms with E-state index in [0.29, 0.717) is 30.0 Å². The molecule has 1 saturated carbocycles. The Kier molecular flexibility index (Phi) is 6.85. The van der Waals surface area contributed by atoms with E-state index in [2.05, 4.69) is 25.3 Å². The van der Waals surface area contributed by atoms with Crippen molar-refractivity contribution in [1.29, 1.82) is 0 Å². The summed E-state index contributed by atoms with van der Waals surface area (Å²) < 4.78 is 5.44. The number of halogens is 1. The highest BCUT2D eigenvalue weighted by Gasteiger charge is 2.50. The lowest BCUT2D eigenvalue weighted by Crippen LogP contribution is -2.52. The number of piperazine rings is 1. The quantitative estimate of drug-likeness (QED) is 0.646. The normalized spacial score (nSPS) is 22.1. The highest BCUT2D eigenvalue weighted by atomic mass is 35.5. The zero-order valence-electron chi connectivity index (χ0n) is 19.3. The number of amides is 3. The number of urea groups is 1. The van der Waals surface area contributed by atoms with Crippen molar-refractivity contribution in [2.24, 2.45) is 0 Å². The Morgan fingerprint density at radius 1 is 0.941 bits per heavy atom. The van der Waals surface area contributed by atoms with Crippen LogP contribution in [0.25, 0.3) is 11.4 Å². The van der Waals surface area contributed by atoms with Crippen LogP contribution in [-0.2, 0) is 11.3 Å². The molecule has 182 valence electrons. The van der Waals surface area contributed by atoms with Crippen LogP contribution in [-0.4, -0.2) is 75.2 Å². The molecular formula is C24H31ClN6O3. The Labute approximate surface area is 204 Å². The minimum atomic E-state index is -0.681. The van der Waals surface area contributed by atoms with Gasteiger partial charge in [-0.1, -0.05) is 48.9 Å². The summed E-state index contributed by atoms with van der Waals surface area (Å²) in [6.07, 6.45) is 6.98. The molecule has 1 aliphatic carbocycles. The molecule has 1 aromatic carbocycles. The molecule has 0 unspecified atom stereocenters. The molecule has 1 spiro atoms.